The largest absolute Gasteiger partial charge is 0.388 e. The third-order valence-corrected chi connectivity index (χ3v) is 3.93. The molecule has 1 aromatic rings. The molecule has 0 atom stereocenters. The van der Waals surface area contributed by atoms with Gasteiger partial charge >= 0.3 is 0 Å². The van der Waals surface area contributed by atoms with Crippen molar-refractivity contribution in [1.29, 1.82) is 0 Å². The molecule has 0 aliphatic heterocycles. The van der Waals surface area contributed by atoms with Gasteiger partial charge in [0.05, 0.1) is 10.5 Å². The van der Waals surface area contributed by atoms with Gasteiger partial charge in [0.1, 0.15) is 0 Å². The van der Waals surface area contributed by atoms with Crippen LogP contribution in [0.3, 0.4) is 0 Å². The number of rotatable bonds is 4. The molecule has 1 fully saturated rings. The number of hydrogen-bond acceptors (Lipinski definition) is 4. The van der Waals surface area contributed by atoms with Crippen LogP contribution in [-0.2, 0) is 0 Å². The number of nitro groups is 1. The van der Waals surface area contributed by atoms with Crippen molar-refractivity contribution in [2.24, 2.45) is 0 Å². The van der Waals surface area contributed by atoms with E-state index in [4.69, 9.17) is 0 Å². The average molecular weight is 343 g/mol. The Labute approximate surface area is 124 Å². The Morgan fingerprint density at radius 2 is 2.05 bits per heavy atom. The van der Waals surface area contributed by atoms with E-state index in [1.165, 1.54) is 18.2 Å². The second-order valence-electron chi connectivity index (χ2n) is 5.07. The maximum absolute atomic E-state index is 12.0. The summed E-state index contributed by atoms with van der Waals surface area (Å²) in [5, 5.41) is 23.6. The van der Waals surface area contributed by atoms with Crippen LogP contribution < -0.4 is 5.32 Å². The van der Waals surface area contributed by atoms with E-state index in [0.29, 0.717) is 17.3 Å². The summed E-state index contributed by atoms with van der Waals surface area (Å²) in [6.07, 6.45) is 3.25. The Morgan fingerprint density at radius 3 is 2.65 bits per heavy atom. The van der Waals surface area contributed by atoms with Crippen LogP contribution in [0.5, 0.6) is 0 Å². The van der Waals surface area contributed by atoms with Gasteiger partial charge in [-0.2, -0.15) is 0 Å². The number of halogens is 1. The molecule has 7 heteroatoms. The first-order chi connectivity index (χ1) is 9.39. The van der Waals surface area contributed by atoms with E-state index in [2.05, 4.69) is 21.2 Å². The van der Waals surface area contributed by atoms with Gasteiger partial charge in [-0.25, -0.2) is 0 Å². The summed E-state index contributed by atoms with van der Waals surface area (Å²) in [5.41, 5.74) is -0.787. The van der Waals surface area contributed by atoms with Crippen molar-refractivity contribution < 1.29 is 14.8 Å². The Balaban J connectivity index is 2.07. The van der Waals surface area contributed by atoms with Crippen LogP contribution in [-0.4, -0.2) is 28.1 Å². The van der Waals surface area contributed by atoms with Gasteiger partial charge in [-0.05, 0) is 18.9 Å². The molecule has 1 saturated carbocycles. The van der Waals surface area contributed by atoms with Crippen molar-refractivity contribution in [1.82, 2.24) is 5.32 Å². The van der Waals surface area contributed by atoms with Crippen LogP contribution in [0.1, 0.15) is 36.0 Å². The molecule has 1 aliphatic carbocycles. The minimum Gasteiger partial charge on any atom is -0.388 e. The van der Waals surface area contributed by atoms with Gasteiger partial charge in [-0.3, -0.25) is 14.9 Å². The summed E-state index contributed by atoms with van der Waals surface area (Å²) in [4.78, 5) is 22.2. The molecule has 1 aliphatic rings. The van der Waals surface area contributed by atoms with Crippen molar-refractivity contribution >= 4 is 27.5 Å². The lowest BCUT2D eigenvalue weighted by molar-refractivity contribution is -0.385. The van der Waals surface area contributed by atoms with Crippen LogP contribution >= 0.6 is 15.9 Å². The topological polar surface area (TPSA) is 92.5 Å². The normalized spacial score (nSPS) is 16.9. The highest BCUT2D eigenvalue weighted by Crippen LogP contribution is 2.28. The standard InChI is InChI=1S/C13H15BrN2O4/c14-10-5-9(6-11(7-10)16(19)20)12(17)15-8-13(18)3-1-2-4-13/h5-7,18H,1-4,8H2,(H,15,17). The predicted octanol–water partition coefficient (Wildman–Crippen LogP) is 2.39. The summed E-state index contributed by atoms with van der Waals surface area (Å²) in [6.45, 7) is 0.173. The van der Waals surface area contributed by atoms with E-state index < -0.39 is 16.4 Å². The molecule has 1 amide bonds. The second-order valence-corrected chi connectivity index (χ2v) is 5.99. The molecule has 20 heavy (non-hydrogen) atoms. The summed E-state index contributed by atoms with van der Waals surface area (Å²) in [5.74, 6) is -0.422. The quantitative estimate of drug-likeness (QED) is 0.649. The Morgan fingerprint density at radius 1 is 1.40 bits per heavy atom. The van der Waals surface area contributed by atoms with E-state index in [9.17, 15) is 20.0 Å². The third kappa shape index (κ3) is 3.55. The summed E-state index contributed by atoms with van der Waals surface area (Å²) < 4.78 is 0.469. The van der Waals surface area contributed by atoms with E-state index in [-0.39, 0.29) is 17.8 Å². The first-order valence-corrected chi connectivity index (χ1v) is 7.14. The number of amides is 1. The van der Waals surface area contributed by atoms with Crippen molar-refractivity contribution in [3.05, 3.63) is 38.3 Å². The first-order valence-electron chi connectivity index (χ1n) is 6.35. The molecule has 0 unspecified atom stereocenters. The van der Waals surface area contributed by atoms with Gasteiger partial charge in [-0.1, -0.05) is 28.8 Å². The molecule has 0 spiro atoms. The number of aliphatic hydroxyl groups is 1. The van der Waals surface area contributed by atoms with Crippen LogP contribution in [0.4, 0.5) is 5.69 Å². The second kappa shape index (κ2) is 5.88. The van der Waals surface area contributed by atoms with Crippen molar-refractivity contribution in [3.63, 3.8) is 0 Å². The number of nitrogens with one attached hydrogen (secondary N) is 1. The molecule has 108 valence electrons. The zero-order chi connectivity index (χ0) is 14.8. The number of non-ortho nitro benzene ring substituents is 1. The number of carbonyl (C=O) groups is 1. The maximum atomic E-state index is 12.0. The van der Waals surface area contributed by atoms with Crippen LogP contribution in [0.2, 0.25) is 0 Å². The Hall–Kier alpha value is -1.47. The highest BCUT2D eigenvalue weighted by molar-refractivity contribution is 9.10. The zero-order valence-corrected chi connectivity index (χ0v) is 12.4. The lowest BCUT2D eigenvalue weighted by atomic mass is 10.0. The van der Waals surface area contributed by atoms with Crippen LogP contribution in [0, 0.1) is 10.1 Å². The number of nitro benzene ring substituents is 1. The fraction of sp³-hybridized carbons (Fsp3) is 0.462. The average Bonchev–Trinajstić information content (AvgIpc) is 2.82. The fourth-order valence-electron chi connectivity index (χ4n) is 2.37. The molecule has 0 heterocycles. The maximum Gasteiger partial charge on any atom is 0.271 e. The van der Waals surface area contributed by atoms with Crippen molar-refractivity contribution in [2.45, 2.75) is 31.3 Å². The molecule has 0 aromatic heterocycles. The van der Waals surface area contributed by atoms with Gasteiger partial charge < -0.3 is 10.4 Å². The van der Waals surface area contributed by atoms with E-state index in [1.54, 1.807) is 0 Å². The molecule has 6 nitrogen and oxygen atoms in total. The SMILES string of the molecule is O=C(NCC1(O)CCCC1)c1cc(Br)cc([N+](=O)[O-])c1. The zero-order valence-electron chi connectivity index (χ0n) is 10.8. The first kappa shape index (κ1) is 14.9. The van der Waals surface area contributed by atoms with E-state index in [0.717, 1.165) is 12.8 Å². The minimum absolute atomic E-state index is 0.149. The Kier molecular flexibility index (Phi) is 4.39. The van der Waals surface area contributed by atoms with Crippen molar-refractivity contribution in [2.75, 3.05) is 6.54 Å². The molecular formula is C13H15BrN2O4. The monoisotopic (exact) mass is 342 g/mol. The Bertz CT molecular complexity index is 541. The molecule has 2 rings (SSSR count). The molecular weight excluding hydrogens is 328 g/mol. The van der Waals surface area contributed by atoms with Gasteiger partial charge in [0.25, 0.3) is 11.6 Å². The molecule has 0 saturated heterocycles. The number of nitrogens with zero attached hydrogens (tertiary/aromatic N) is 1. The van der Waals surface area contributed by atoms with Gasteiger partial charge in [0.15, 0.2) is 0 Å². The molecule has 1 aromatic carbocycles. The highest BCUT2D eigenvalue weighted by Gasteiger charge is 2.31. The molecule has 2 N–H and O–H groups in total. The minimum atomic E-state index is -0.840. The number of hydrogen-bond donors (Lipinski definition) is 2. The number of carbonyl (C=O) groups excluding carboxylic acids is 1. The number of benzene rings is 1. The van der Waals surface area contributed by atoms with Crippen LogP contribution in [0.15, 0.2) is 22.7 Å². The van der Waals surface area contributed by atoms with Gasteiger partial charge in [0, 0.05) is 28.7 Å². The highest BCUT2D eigenvalue weighted by atomic mass is 79.9. The molecule has 0 radical (unpaired) electrons. The lowest BCUT2D eigenvalue weighted by Crippen LogP contribution is -2.40. The lowest BCUT2D eigenvalue weighted by Gasteiger charge is -2.22. The fourth-order valence-corrected chi connectivity index (χ4v) is 2.85. The van der Waals surface area contributed by atoms with Crippen molar-refractivity contribution in [3.8, 4) is 0 Å². The summed E-state index contributed by atoms with van der Waals surface area (Å²) in [7, 11) is 0. The van der Waals surface area contributed by atoms with E-state index in [1.807, 2.05) is 0 Å². The van der Waals surface area contributed by atoms with Gasteiger partial charge in [-0.15, -0.1) is 0 Å². The summed E-state index contributed by atoms with van der Waals surface area (Å²) >= 11 is 3.14. The predicted molar refractivity (Wildman–Crippen MR) is 76.5 cm³/mol. The third-order valence-electron chi connectivity index (χ3n) is 3.47. The smallest absolute Gasteiger partial charge is 0.271 e. The van der Waals surface area contributed by atoms with Crippen LogP contribution in [0.25, 0.3) is 0 Å². The van der Waals surface area contributed by atoms with E-state index >= 15 is 0 Å². The summed E-state index contributed by atoms with van der Waals surface area (Å²) in [6, 6.07) is 4.07. The molecule has 0 bridgehead atoms. The van der Waals surface area contributed by atoms with Gasteiger partial charge in [0.2, 0.25) is 0 Å².